The normalized spacial score (nSPS) is 15.5. The van der Waals surface area contributed by atoms with Crippen LogP contribution in [0.15, 0.2) is 84.9 Å². The summed E-state index contributed by atoms with van der Waals surface area (Å²) in [5.74, 6) is 0.0824. The zero-order valence-corrected chi connectivity index (χ0v) is 16.4. The van der Waals surface area contributed by atoms with Gasteiger partial charge in [0.05, 0.1) is 11.2 Å². The van der Waals surface area contributed by atoms with Gasteiger partial charge >= 0.3 is 6.09 Å². The number of alkyl carbamates (subject to hydrolysis) is 1. The molecule has 2 amide bonds. The molecule has 2 heterocycles. The van der Waals surface area contributed by atoms with Crippen molar-refractivity contribution in [2.45, 2.75) is 6.10 Å². The topological polar surface area (TPSA) is 77.5 Å². The van der Waals surface area contributed by atoms with E-state index in [0.717, 1.165) is 33.3 Å². The third-order valence-corrected chi connectivity index (χ3v) is 5.12. The van der Waals surface area contributed by atoms with Gasteiger partial charge in [-0.05, 0) is 47.5 Å². The van der Waals surface area contributed by atoms with Crippen molar-refractivity contribution in [2.24, 2.45) is 0 Å². The molecule has 1 aliphatic heterocycles. The maximum atomic E-state index is 11.6. The molecule has 31 heavy (non-hydrogen) atoms. The number of carbonyl (C=O) groups excluding carboxylic acids is 2. The van der Waals surface area contributed by atoms with Gasteiger partial charge in [0.1, 0.15) is 12.4 Å². The Balaban J connectivity index is 1.43. The van der Waals surface area contributed by atoms with Gasteiger partial charge in [-0.3, -0.25) is 10.1 Å². The molecule has 0 bridgehead atoms. The molecular formula is C25H18N2O4. The average molecular weight is 410 g/mol. The van der Waals surface area contributed by atoms with Crippen LogP contribution in [0.3, 0.4) is 0 Å². The lowest BCUT2D eigenvalue weighted by atomic mass is 9.98. The molecule has 0 spiro atoms. The number of aromatic nitrogens is 1. The smallest absolute Gasteiger partial charge is 0.414 e. The number of ether oxygens (including phenoxy) is 2. The van der Waals surface area contributed by atoms with Crippen molar-refractivity contribution in [1.29, 1.82) is 0 Å². The summed E-state index contributed by atoms with van der Waals surface area (Å²) in [4.78, 5) is 27.5. The number of cyclic esters (lactones) is 1. The standard InChI is InChI=1S/C25H18N2O4/c28-24-23(31-25(29)27-24)15-30-18-12-10-17(11-13-18)22-14-20(16-6-2-1-3-7-16)19-8-4-5-9-21(19)26-22/h1-14,23H,15H2,(H,27,28,29). The predicted molar refractivity (Wildman–Crippen MR) is 117 cm³/mol. The zero-order chi connectivity index (χ0) is 21.2. The van der Waals surface area contributed by atoms with Crippen LogP contribution in [0.1, 0.15) is 0 Å². The third kappa shape index (κ3) is 3.83. The first-order chi connectivity index (χ1) is 15.2. The molecule has 0 aliphatic carbocycles. The van der Waals surface area contributed by atoms with Crippen molar-refractivity contribution < 1.29 is 19.1 Å². The van der Waals surface area contributed by atoms with Crippen LogP contribution in [-0.2, 0) is 9.53 Å². The SMILES string of the molecule is O=C1NC(=O)C(COc2ccc(-c3cc(-c4ccccc4)c4ccccc4n3)cc2)O1. The molecule has 152 valence electrons. The van der Waals surface area contributed by atoms with E-state index in [1.807, 2.05) is 60.7 Å². The number of carbonyl (C=O) groups is 2. The number of rotatable bonds is 5. The highest BCUT2D eigenvalue weighted by molar-refractivity contribution is 6.00. The molecule has 1 N–H and O–H groups in total. The van der Waals surface area contributed by atoms with E-state index in [-0.39, 0.29) is 6.61 Å². The third-order valence-electron chi connectivity index (χ3n) is 5.12. The Hall–Kier alpha value is -4.19. The van der Waals surface area contributed by atoms with Crippen LogP contribution in [0, 0.1) is 0 Å². The van der Waals surface area contributed by atoms with Crippen molar-refractivity contribution in [3.8, 4) is 28.1 Å². The molecule has 6 heteroatoms. The first-order valence-corrected chi connectivity index (χ1v) is 9.87. The van der Waals surface area contributed by atoms with E-state index in [9.17, 15) is 9.59 Å². The molecule has 1 saturated heterocycles. The first kappa shape index (κ1) is 18.8. The molecule has 3 aromatic carbocycles. The van der Waals surface area contributed by atoms with Gasteiger partial charge in [0, 0.05) is 10.9 Å². The second-order valence-electron chi connectivity index (χ2n) is 7.16. The Morgan fingerprint density at radius 1 is 0.871 bits per heavy atom. The van der Waals surface area contributed by atoms with Crippen LogP contribution in [0.5, 0.6) is 5.75 Å². The molecule has 0 radical (unpaired) electrons. The Morgan fingerprint density at radius 3 is 2.35 bits per heavy atom. The summed E-state index contributed by atoms with van der Waals surface area (Å²) < 4.78 is 10.5. The number of imide groups is 1. The summed E-state index contributed by atoms with van der Waals surface area (Å²) in [6, 6.07) is 27.9. The van der Waals surface area contributed by atoms with Gasteiger partial charge in [-0.1, -0.05) is 48.5 Å². The van der Waals surface area contributed by atoms with Crippen LogP contribution in [0.2, 0.25) is 0 Å². The minimum absolute atomic E-state index is 0.0384. The van der Waals surface area contributed by atoms with Gasteiger partial charge in [-0.25, -0.2) is 9.78 Å². The van der Waals surface area contributed by atoms with Gasteiger partial charge in [0.2, 0.25) is 6.10 Å². The quantitative estimate of drug-likeness (QED) is 0.521. The molecule has 4 aromatic rings. The second-order valence-corrected chi connectivity index (χ2v) is 7.16. The Bertz CT molecular complexity index is 1270. The highest BCUT2D eigenvalue weighted by Crippen LogP contribution is 2.32. The second kappa shape index (κ2) is 7.91. The van der Waals surface area contributed by atoms with Gasteiger partial charge < -0.3 is 9.47 Å². The summed E-state index contributed by atoms with van der Waals surface area (Å²) in [7, 11) is 0. The van der Waals surface area contributed by atoms with Gasteiger partial charge in [-0.2, -0.15) is 0 Å². The Kier molecular flexibility index (Phi) is 4.80. The molecule has 5 rings (SSSR count). The number of fused-ring (bicyclic) bond motifs is 1. The minimum atomic E-state index is -0.928. The van der Waals surface area contributed by atoms with Gasteiger partial charge in [-0.15, -0.1) is 0 Å². The fourth-order valence-electron chi connectivity index (χ4n) is 3.58. The van der Waals surface area contributed by atoms with Crippen LogP contribution in [0.4, 0.5) is 4.79 Å². The van der Waals surface area contributed by atoms with E-state index in [0.29, 0.717) is 5.75 Å². The molecule has 1 unspecified atom stereocenters. The summed E-state index contributed by atoms with van der Waals surface area (Å²) >= 11 is 0. The fraction of sp³-hybridized carbons (Fsp3) is 0.0800. The number of nitrogens with one attached hydrogen (secondary N) is 1. The predicted octanol–water partition coefficient (Wildman–Crippen LogP) is 4.58. The van der Waals surface area contributed by atoms with E-state index in [1.54, 1.807) is 0 Å². The monoisotopic (exact) mass is 410 g/mol. The van der Waals surface area contributed by atoms with Gasteiger partial charge in [0.25, 0.3) is 5.91 Å². The lowest BCUT2D eigenvalue weighted by Crippen LogP contribution is -2.29. The highest BCUT2D eigenvalue weighted by Gasteiger charge is 2.32. The number of nitrogens with zero attached hydrogens (tertiary/aromatic N) is 1. The number of hydrogen-bond acceptors (Lipinski definition) is 5. The van der Waals surface area contributed by atoms with E-state index >= 15 is 0 Å². The van der Waals surface area contributed by atoms with Crippen molar-refractivity contribution in [2.75, 3.05) is 6.61 Å². The highest BCUT2D eigenvalue weighted by atomic mass is 16.6. The van der Waals surface area contributed by atoms with Crippen LogP contribution >= 0.6 is 0 Å². The van der Waals surface area contributed by atoms with Crippen molar-refractivity contribution >= 4 is 22.9 Å². The van der Waals surface area contributed by atoms with E-state index < -0.39 is 18.1 Å². The van der Waals surface area contributed by atoms with Crippen molar-refractivity contribution in [3.05, 3.63) is 84.9 Å². The zero-order valence-electron chi connectivity index (χ0n) is 16.4. The molecular weight excluding hydrogens is 392 g/mol. The fourth-order valence-corrected chi connectivity index (χ4v) is 3.58. The first-order valence-electron chi connectivity index (χ1n) is 9.87. The summed E-state index contributed by atoms with van der Waals surface area (Å²) in [5, 5.41) is 3.18. The summed E-state index contributed by atoms with van der Waals surface area (Å²) in [6.07, 6.45) is -1.67. The Labute approximate surface area is 178 Å². The maximum Gasteiger partial charge on any atom is 0.414 e. The van der Waals surface area contributed by atoms with Crippen LogP contribution < -0.4 is 10.1 Å². The molecule has 0 saturated carbocycles. The van der Waals surface area contributed by atoms with E-state index in [2.05, 4.69) is 29.6 Å². The number of benzene rings is 3. The number of pyridine rings is 1. The van der Waals surface area contributed by atoms with Crippen molar-refractivity contribution in [1.82, 2.24) is 10.3 Å². The molecule has 1 aromatic heterocycles. The lowest BCUT2D eigenvalue weighted by Gasteiger charge is -2.12. The van der Waals surface area contributed by atoms with Crippen molar-refractivity contribution in [3.63, 3.8) is 0 Å². The largest absolute Gasteiger partial charge is 0.489 e. The maximum absolute atomic E-state index is 11.6. The number of para-hydroxylation sites is 1. The molecule has 1 aliphatic rings. The molecule has 1 atom stereocenters. The molecule has 6 nitrogen and oxygen atoms in total. The van der Waals surface area contributed by atoms with Gasteiger partial charge in [0.15, 0.2) is 0 Å². The summed E-state index contributed by atoms with van der Waals surface area (Å²) in [6.45, 7) is -0.0384. The number of amides is 2. The lowest BCUT2D eigenvalue weighted by molar-refractivity contribution is -0.124. The van der Waals surface area contributed by atoms with E-state index in [1.165, 1.54) is 0 Å². The Morgan fingerprint density at radius 2 is 1.61 bits per heavy atom. The number of hydrogen-bond donors (Lipinski definition) is 1. The van der Waals surface area contributed by atoms with Crippen LogP contribution in [-0.4, -0.2) is 29.7 Å². The van der Waals surface area contributed by atoms with E-state index in [4.69, 9.17) is 14.5 Å². The van der Waals surface area contributed by atoms with Crippen LogP contribution in [0.25, 0.3) is 33.3 Å². The minimum Gasteiger partial charge on any atom is -0.489 e. The average Bonchev–Trinajstić information content (AvgIpc) is 3.14. The summed E-state index contributed by atoms with van der Waals surface area (Å²) in [5.41, 5.74) is 4.98. The molecule has 1 fully saturated rings.